The van der Waals surface area contributed by atoms with E-state index in [4.69, 9.17) is 0 Å². The van der Waals surface area contributed by atoms with Crippen molar-refractivity contribution in [3.05, 3.63) is 48.0 Å². The van der Waals surface area contributed by atoms with Crippen LogP contribution in [0.25, 0.3) is 0 Å². The first-order chi connectivity index (χ1) is 9.24. The van der Waals surface area contributed by atoms with Gasteiger partial charge >= 0.3 is 0 Å². The lowest BCUT2D eigenvalue weighted by molar-refractivity contribution is -0.693. The first kappa shape index (κ1) is 16.4. The van der Waals surface area contributed by atoms with Crippen LogP contribution >= 0.6 is 0 Å². The van der Waals surface area contributed by atoms with E-state index < -0.39 is 10.1 Å². The monoisotopic (exact) mass is 296 g/mol. The molecule has 5 nitrogen and oxygen atoms in total. The van der Waals surface area contributed by atoms with E-state index in [-0.39, 0.29) is 4.90 Å². The maximum atomic E-state index is 10.7. The molecule has 1 aromatic heterocycles. The topological polar surface area (TPSA) is 66.0 Å². The Hall–Kier alpha value is -1.66. The fourth-order valence-electron chi connectivity index (χ4n) is 1.67. The summed E-state index contributed by atoms with van der Waals surface area (Å²) in [7, 11) is -2.29. The van der Waals surface area contributed by atoms with Crippen LogP contribution in [0.4, 0.5) is 0 Å². The van der Waals surface area contributed by atoms with E-state index in [1.165, 1.54) is 6.07 Å². The molecule has 110 valence electrons. The molecule has 1 aromatic carbocycles. The maximum Gasteiger partial charge on any atom is 0.243 e. The van der Waals surface area contributed by atoms with Gasteiger partial charge in [-0.05, 0) is 38.0 Å². The molecule has 0 saturated carbocycles. The summed E-state index contributed by atoms with van der Waals surface area (Å²) in [6.45, 7) is 6.53. The molecule has 20 heavy (non-hydrogen) atoms. The lowest BCUT2D eigenvalue weighted by Gasteiger charge is -2.10. The van der Waals surface area contributed by atoms with Crippen molar-refractivity contribution in [3.63, 3.8) is 0 Å². The molecule has 2 rings (SSSR count). The second kappa shape index (κ2) is 6.67. The van der Waals surface area contributed by atoms with Gasteiger partial charge in [-0.25, -0.2) is 17.6 Å². The Labute approximate surface area is 120 Å². The van der Waals surface area contributed by atoms with Crippen LogP contribution in [-0.2, 0) is 23.7 Å². The third kappa shape index (κ3) is 4.79. The Morgan fingerprint density at radius 1 is 1.30 bits per heavy atom. The van der Waals surface area contributed by atoms with Crippen molar-refractivity contribution in [3.8, 4) is 0 Å². The molecule has 0 unspecified atom stereocenters. The average Bonchev–Trinajstić information content (AvgIpc) is 2.78. The smallest absolute Gasteiger partial charge is 0.243 e. The minimum atomic E-state index is -4.31. The van der Waals surface area contributed by atoms with Gasteiger partial charge in [-0.1, -0.05) is 12.1 Å². The van der Waals surface area contributed by atoms with Gasteiger partial charge in [-0.15, -0.1) is 0 Å². The minimum Gasteiger partial charge on any atom is -0.744 e. The van der Waals surface area contributed by atoms with Gasteiger partial charge in [0.05, 0.1) is 18.5 Å². The van der Waals surface area contributed by atoms with Crippen molar-refractivity contribution in [2.45, 2.75) is 32.2 Å². The molecular weight excluding hydrogens is 276 g/mol. The summed E-state index contributed by atoms with van der Waals surface area (Å²) >= 11 is 0. The van der Waals surface area contributed by atoms with Crippen molar-refractivity contribution >= 4 is 10.1 Å². The second-order valence-corrected chi connectivity index (χ2v) is 5.98. The second-order valence-electron chi connectivity index (χ2n) is 4.63. The zero-order valence-electron chi connectivity index (χ0n) is 12.2. The van der Waals surface area contributed by atoms with Crippen LogP contribution in [0.2, 0.25) is 0 Å². The van der Waals surface area contributed by atoms with E-state index in [9.17, 15) is 13.0 Å². The standard InChI is InChI=1S/C8H10O3S.C6H11N2/c1-6-3-4-7(2)8(5-6)12(9,10)11;1-3-8-5-4-7(2)6-8/h3-5H,1-2H3,(H,9,10,11);4-6H,3H2,1-2H3/q;+1/p-1. The molecule has 0 spiro atoms. The van der Waals surface area contributed by atoms with Gasteiger partial charge in [0, 0.05) is 0 Å². The van der Waals surface area contributed by atoms with Crippen LogP contribution in [0, 0.1) is 13.8 Å². The zero-order chi connectivity index (χ0) is 15.3. The molecule has 0 aliphatic carbocycles. The summed E-state index contributed by atoms with van der Waals surface area (Å²) in [5, 5.41) is 0. The number of imidazole rings is 1. The molecule has 0 fully saturated rings. The highest BCUT2D eigenvalue weighted by Crippen LogP contribution is 2.15. The third-order valence-electron chi connectivity index (χ3n) is 2.80. The summed E-state index contributed by atoms with van der Waals surface area (Å²) in [6.07, 6.45) is 6.14. The van der Waals surface area contributed by atoms with Crippen LogP contribution in [0.3, 0.4) is 0 Å². The molecule has 2 aromatic rings. The van der Waals surface area contributed by atoms with Crippen LogP contribution < -0.4 is 4.57 Å². The Kier molecular flexibility index (Phi) is 5.47. The maximum absolute atomic E-state index is 10.7. The fourth-order valence-corrected chi connectivity index (χ4v) is 2.46. The molecule has 0 saturated heterocycles. The predicted octanol–water partition coefficient (Wildman–Crippen LogP) is 1.54. The number of hydrogen-bond acceptors (Lipinski definition) is 3. The van der Waals surface area contributed by atoms with Gasteiger partial charge in [0.2, 0.25) is 6.33 Å². The molecule has 0 aliphatic rings. The van der Waals surface area contributed by atoms with E-state index in [2.05, 4.69) is 24.0 Å². The molecule has 0 amide bonds. The lowest BCUT2D eigenvalue weighted by atomic mass is 10.2. The Balaban J connectivity index is 0.000000217. The fraction of sp³-hybridized carbons (Fsp3) is 0.357. The summed E-state index contributed by atoms with van der Waals surface area (Å²) in [5.41, 5.74) is 1.27. The molecule has 0 aliphatic heterocycles. The predicted molar refractivity (Wildman–Crippen MR) is 75.2 cm³/mol. The molecule has 0 radical (unpaired) electrons. The number of aryl methyl sites for hydroxylation is 4. The van der Waals surface area contributed by atoms with Crippen molar-refractivity contribution in [1.29, 1.82) is 0 Å². The van der Waals surface area contributed by atoms with Crippen molar-refractivity contribution < 1.29 is 17.5 Å². The molecule has 1 heterocycles. The Bertz CT molecular complexity index is 675. The molecule has 6 heteroatoms. The number of nitrogens with zero attached hydrogens (tertiary/aromatic N) is 2. The highest BCUT2D eigenvalue weighted by Gasteiger charge is 2.04. The highest BCUT2D eigenvalue weighted by atomic mass is 32.2. The molecular formula is C14H20N2O3S. The minimum absolute atomic E-state index is 0.123. The van der Waals surface area contributed by atoms with Gasteiger partial charge in [-0.3, -0.25) is 0 Å². The van der Waals surface area contributed by atoms with Crippen molar-refractivity contribution in [2.75, 3.05) is 0 Å². The molecule has 0 atom stereocenters. The van der Waals surface area contributed by atoms with Gasteiger partial charge in [-0.2, -0.15) is 0 Å². The molecule has 0 bridgehead atoms. The number of rotatable bonds is 2. The SMILES string of the molecule is CC[n+]1ccn(C)c1.Cc1ccc(C)c(S(=O)(=O)[O-])c1. The van der Waals surface area contributed by atoms with E-state index in [0.717, 1.165) is 12.1 Å². The summed E-state index contributed by atoms with van der Waals surface area (Å²) in [5.74, 6) is 0. The van der Waals surface area contributed by atoms with Gasteiger partial charge in [0.15, 0.2) is 0 Å². The third-order valence-corrected chi connectivity index (χ3v) is 3.78. The first-order valence-electron chi connectivity index (χ1n) is 6.28. The van der Waals surface area contributed by atoms with E-state index >= 15 is 0 Å². The van der Waals surface area contributed by atoms with E-state index in [1.54, 1.807) is 26.0 Å². The van der Waals surface area contributed by atoms with Crippen LogP contribution in [-0.4, -0.2) is 17.5 Å². The highest BCUT2D eigenvalue weighted by molar-refractivity contribution is 7.85. The van der Waals surface area contributed by atoms with Crippen molar-refractivity contribution in [1.82, 2.24) is 4.57 Å². The summed E-state index contributed by atoms with van der Waals surface area (Å²) in [4.78, 5) is -0.123. The lowest BCUT2D eigenvalue weighted by Crippen LogP contribution is -2.28. The van der Waals surface area contributed by atoms with Crippen LogP contribution in [0.1, 0.15) is 18.1 Å². The molecule has 0 N–H and O–H groups in total. The van der Waals surface area contributed by atoms with Crippen molar-refractivity contribution in [2.24, 2.45) is 7.05 Å². The van der Waals surface area contributed by atoms with Crippen LogP contribution in [0.15, 0.2) is 41.8 Å². The first-order valence-corrected chi connectivity index (χ1v) is 7.69. The number of aromatic nitrogens is 2. The Morgan fingerprint density at radius 3 is 2.30 bits per heavy atom. The van der Waals surface area contributed by atoms with E-state index in [1.807, 2.05) is 17.8 Å². The number of benzene rings is 1. The zero-order valence-corrected chi connectivity index (χ0v) is 13.0. The Morgan fingerprint density at radius 2 is 1.95 bits per heavy atom. The summed E-state index contributed by atoms with van der Waals surface area (Å²) < 4.78 is 36.1. The van der Waals surface area contributed by atoms with Gasteiger partial charge < -0.3 is 4.55 Å². The number of hydrogen-bond donors (Lipinski definition) is 0. The van der Waals surface area contributed by atoms with Gasteiger partial charge in [0.25, 0.3) is 0 Å². The average molecular weight is 296 g/mol. The van der Waals surface area contributed by atoms with E-state index in [0.29, 0.717) is 5.56 Å². The van der Waals surface area contributed by atoms with Gasteiger partial charge in [0.1, 0.15) is 22.5 Å². The quantitative estimate of drug-likeness (QED) is 0.623. The summed E-state index contributed by atoms with van der Waals surface area (Å²) in [6, 6.07) is 4.78. The largest absolute Gasteiger partial charge is 0.744 e. The normalized spacial score (nSPS) is 10.8. The van der Waals surface area contributed by atoms with Crippen LogP contribution in [0.5, 0.6) is 0 Å².